The number of nitrogens with one attached hydrogen (secondary N) is 2. The summed E-state index contributed by atoms with van der Waals surface area (Å²) in [5, 5.41) is 10.3. The molecule has 0 aromatic carbocycles. The topological polar surface area (TPSA) is 99.6 Å². The summed E-state index contributed by atoms with van der Waals surface area (Å²) >= 11 is 0. The zero-order valence-corrected chi connectivity index (χ0v) is 18.5. The van der Waals surface area contributed by atoms with Crippen LogP contribution in [0.2, 0.25) is 0 Å². The van der Waals surface area contributed by atoms with Crippen LogP contribution < -0.4 is 10.6 Å². The first-order valence-electron chi connectivity index (χ1n) is 11.0. The molecule has 0 spiro atoms. The smallest absolute Gasteiger partial charge is 0.272 e. The lowest BCUT2D eigenvalue weighted by molar-refractivity contribution is -0.133. The van der Waals surface area contributed by atoms with E-state index in [1.165, 1.54) is 15.6 Å². The highest BCUT2D eigenvalue weighted by Gasteiger charge is 2.46. The van der Waals surface area contributed by atoms with Crippen molar-refractivity contribution in [1.82, 2.24) is 30.2 Å². The highest BCUT2D eigenvalue weighted by atomic mass is 16.2. The van der Waals surface area contributed by atoms with Crippen LogP contribution in [0.4, 0.5) is 0 Å². The van der Waals surface area contributed by atoms with Gasteiger partial charge in [-0.3, -0.25) is 19.1 Å². The molecule has 1 aliphatic carbocycles. The standard InChI is InChI=1S/C21H34N6O3/c1-5-26(6-2)12-11-22-18(28)16-13-17-19(29)25(4)21(3,14-27(17)24-16)20(30)23-15-9-7-8-10-15/h13,15H,5-12,14H2,1-4H3,(H,22,28)(H,23,30)/t21-/m0/s1. The van der Waals surface area contributed by atoms with Gasteiger partial charge in [0.1, 0.15) is 11.2 Å². The second-order valence-corrected chi connectivity index (χ2v) is 8.45. The molecule has 9 nitrogen and oxygen atoms in total. The summed E-state index contributed by atoms with van der Waals surface area (Å²) in [5.41, 5.74) is -0.515. The zero-order chi connectivity index (χ0) is 21.9. The Bertz CT molecular complexity index is 797. The van der Waals surface area contributed by atoms with E-state index in [2.05, 4.69) is 34.5 Å². The van der Waals surface area contributed by atoms with E-state index in [0.29, 0.717) is 12.2 Å². The fraction of sp³-hybridized carbons (Fsp3) is 0.714. The van der Waals surface area contributed by atoms with Gasteiger partial charge in [-0.1, -0.05) is 26.7 Å². The predicted molar refractivity (Wildman–Crippen MR) is 113 cm³/mol. The van der Waals surface area contributed by atoms with Crippen molar-refractivity contribution in [1.29, 1.82) is 0 Å². The van der Waals surface area contributed by atoms with Crippen LogP contribution in [0.1, 0.15) is 67.4 Å². The first kappa shape index (κ1) is 22.3. The van der Waals surface area contributed by atoms with Crippen molar-refractivity contribution in [3.63, 3.8) is 0 Å². The van der Waals surface area contributed by atoms with Crippen molar-refractivity contribution in [2.24, 2.45) is 0 Å². The lowest BCUT2D eigenvalue weighted by atomic mass is 9.95. The zero-order valence-electron chi connectivity index (χ0n) is 18.5. The number of rotatable bonds is 8. The number of aromatic nitrogens is 2. The number of carbonyl (C=O) groups is 3. The van der Waals surface area contributed by atoms with E-state index in [9.17, 15) is 14.4 Å². The van der Waals surface area contributed by atoms with Gasteiger partial charge >= 0.3 is 0 Å². The van der Waals surface area contributed by atoms with E-state index in [1.54, 1.807) is 14.0 Å². The van der Waals surface area contributed by atoms with Crippen LogP contribution in [-0.2, 0) is 11.3 Å². The molecule has 0 radical (unpaired) electrons. The molecule has 1 aromatic heterocycles. The minimum Gasteiger partial charge on any atom is -0.351 e. The van der Waals surface area contributed by atoms with E-state index < -0.39 is 5.54 Å². The number of hydrogen-bond donors (Lipinski definition) is 2. The van der Waals surface area contributed by atoms with Crippen LogP contribution in [-0.4, -0.2) is 82.1 Å². The van der Waals surface area contributed by atoms with Gasteiger partial charge in [-0.05, 0) is 32.9 Å². The van der Waals surface area contributed by atoms with Crippen molar-refractivity contribution in [3.8, 4) is 0 Å². The van der Waals surface area contributed by atoms with E-state index >= 15 is 0 Å². The molecule has 30 heavy (non-hydrogen) atoms. The number of nitrogens with zero attached hydrogens (tertiary/aromatic N) is 4. The Hall–Kier alpha value is -2.42. The summed E-state index contributed by atoms with van der Waals surface area (Å²) in [6, 6.07) is 1.68. The maximum Gasteiger partial charge on any atom is 0.272 e. The van der Waals surface area contributed by atoms with Crippen LogP contribution in [0.5, 0.6) is 0 Å². The molecule has 0 bridgehead atoms. The van der Waals surface area contributed by atoms with Gasteiger partial charge in [-0.15, -0.1) is 0 Å². The highest BCUT2D eigenvalue weighted by molar-refractivity contribution is 6.01. The Morgan fingerprint density at radius 3 is 2.57 bits per heavy atom. The maximum atomic E-state index is 13.0. The molecule has 2 N–H and O–H groups in total. The predicted octanol–water partition coefficient (Wildman–Crippen LogP) is 0.858. The summed E-state index contributed by atoms with van der Waals surface area (Å²) in [6.45, 7) is 9.25. The molecule has 2 heterocycles. The molecule has 0 saturated heterocycles. The molecule has 3 amide bonds. The van der Waals surface area contributed by atoms with E-state index in [4.69, 9.17) is 0 Å². The Labute approximate surface area is 178 Å². The molecule has 3 rings (SSSR count). The van der Waals surface area contributed by atoms with Crippen molar-refractivity contribution in [3.05, 3.63) is 17.5 Å². The third kappa shape index (κ3) is 4.35. The van der Waals surface area contributed by atoms with Crippen LogP contribution in [0.3, 0.4) is 0 Å². The van der Waals surface area contributed by atoms with Crippen molar-refractivity contribution < 1.29 is 14.4 Å². The lowest BCUT2D eigenvalue weighted by Crippen LogP contribution is -2.63. The fourth-order valence-corrected chi connectivity index (χ4v) is 4.21. The summed E-state index contributed by atoms with van der Waals surface area (Å²) in [5.74, 6) is -0.784. The normalized spacial score (nSPS) is 21.8. The summed E-state index contributed by atoms with van der Waals surface area (Å²) in [6.07, 6.45) is 4.19. The number of carbonyl (C=O) groups excluding carboxylic acids is 3. The van der Waals surface area contributed by atoms with Crippen LogP contribution in [0.15, 0.2) is 6.07 Å². The summed E-state index contributed by atoms with van der Waals surface area (Å²) < 4.78 is 1.50. The lowest BCUT2D eigenvalue weighted by Gasteiger charge is -2.41. The molecule has 9 heteroatoms. The minimum absolute atomic E-state index is 0.170. The molecule has 1 atom stereocenters. The molecule has 166 valence electrons. The second-order valence-electron chi connectivity index (χ2n) is 8.45. The number of likely N-dealkylation sites (N-methyl/N-ethyl adjacent to an activating group) is 2. The molecule has 1 fully saturated rings. The molecule has 1 saturated carbocycles. The van der Waals surface area contributed by atoms with E-state index in [1.807, 2.05) is 0 Å². The average molecular weight is 419 g/mol. The van der Waals surface area contributed by atoms with E-state index in [-0.39, 0.29) is 36.0 Å². The Kier molecular flexibility index (Phi) is 6.80. The number of fused-ring (bicyclic) bond motifs is 1. The first-order valence-corrected chi connectivity index (χ1v) is 11.0. The van der Waals surface area contributed by atoms with Crippen LogP contribution in [0.25, 0.3) is 0 Å². The molecule has 2 aliphatic rings. The largest absolute Gasteiger partial charge is 0.351 e. The Morgan fingerprint density at radius 2 is 1.93 bits per heavy atom. The van der Waals surface area contributed by atoms with Gasteiger partial charge in [-0.25, -0.2) is 0 Å². The van der Waals surface area contributed by atoms with Crippen molar-refractivity contribution >= 4 is 17.7 Å². The Morgan fingerprint density at radius 1 is 1.27 bits per heavy atom. The molecular formula is C21H34N6O3. The van der Waals surface area contributed by atoms with Gasteiger partial charge in [0.15, 0.2) is 5.69 Å². The van der Waals surface area contributed by atoms with Gasteiger partial charge in [0.25, 0.3) is 11.8 Å². The van der Waals surface area contributed by atoms with Gasteiger partial charge in [0.05, 0.1) is 6.54 Å². The fourth-order valence-electron chi connectivity index (χ4n) is 4.21. The van der Waals surface area contributed by atoms with Gasteiger partial charge in [0, 0.05) is 32.2 Å². The maximum absolute atomic E-state index is 13.0. The first-order chi connectivity index (χ1) is 14.3. The molecular weight excluding hydrogens is 384 g/mol. The average Bonchev–Trinajstić information content (AvgIpc) is 3.39. The van der Waals surface area contributed by atoms with Crippen LogP contribution in [0, 0.1) is 0 Å². The third-order valence-corrected chi connectivity index (χ3v) is 6.52. The third-order valence-electron chi connectivity index (χ3n) is 6.52. The number of amides is 3. The highest BCUT2D eigenvalue weighted by Crippen LogP contribution is 2.27. The van der Waals surface area contributed by atoms with E-state index in [0.717, 1.165) is 45.3 Å². The van der Waals surface area contributed by atoms with Gasteiger partial charge < -0.3 is 20.4 Å². The van der Waals surface area contributed by atoms with Crippen LogP contribution >= 0.6 is 0 Å². The monoisotopic (exact) mass is 418 g/mol. The quantitative estimate of drug-likeness (QED) is 0.652. The number of hydrogen-bond acceptors (Lipinski definition) is 5. The van der Waals surface area contributed by atoms with Crippen molar-refractivity contribution in [2.75, 3.05) is 33.2 Å². The Balaban J connectivity index is 1.70. The summed E-state index contributed by atoms with van der Waals surface area (Å²) in [4.78, 5) is 42.2. The molecule has 1 aliphatic heterocycles. The minimum atomic E-state index is -1.05. The van der Waals surface area contributed by atoms with Gasteiger partial charge in [-0.2, -0.15) is 5.10 Å². The SMILES string of the molecule is CCN(CC)CCNC(=O)c1cc2n(n1)C[C@@](C)(C(=O)NC1CCCC1)N(C)C2=O. The second kappa shape index (κ2) is 9.16. The van der Waals surface area contributed by atoms with Crippen molar-refractivity contribution in [2.45, 2.75) is 64.6 Å². The molecule has 0 unspecified atom stereocenters. The van der Waals surface area contributed by atoms with Gasteiger partial charge in [0.2, 0.25) is 5.91 Å². The summed E-state index contributed by atoms with van der Waals surface area (Å²) in [7, 11) is 1.64. The molecule has 1 aromatic rings.